The highest BCUT2D eigenvalue weighted by molar-refractivity contribution is 4.80. The predicted octanol–water partition coefficient (Wildman–Crippen LogP) is 2.03. The number of rotatable bonds is 4. The Bertz CT molecular complexity index is 88.7. The van der Waals surface area contributed by atoms with Crippen molar-refractivity contribution in [1.82, 2.24) is 5.32 Å². The molecule has 0 aromatic rings. The van der Waals surface area contributed by atoms with E-state index in [9.17, 15) is 0 Å². The summed E-state index contributed by atoms with van der Waals surface area (Å²) in [6, 6.07) is 0. The van der Waals surface area contributed by atoms with Gasteiger partial charge in [0.15, 0.2) is 0 Å². The Balaban J connectivity index is 2.05. The minimum atomic E-state index is 1.00. The molecule has 0 aromatic heterocycles. The van der Waals surface area contributed by atoms with Crippen molar-refractivity contribution < 1.29 is 0 Å². The molecule has 1 aliphatic carbocycles. The number of hydrogen-bond donors (Lipinski definition) is 1. The Hall–Kier alpha value is -0.0400. The first-order valence-electron chi connectivity index (χ1n) is 4.59. The molecule has 0 spiro atoms. The van der Waals surface area contributed by atoms with E-state index in [4.69, 9.17) is 0 Å². The molecule has 1 saturated carbocycles. The lowest BCUT2D eigenvalue weighted by Crippen LogP contribution is -2.34. The first-order chi connectivity index (χ1) is 4.88. The molecule has 0 radical (unpaired) electrons. The van der Waals surface area contributed by atoms with E-state index in [0.29, 0.717) is 0 Å². The summed E-state index contributed by atoms with van der Waals surface area (Å²) in [5.41, 5.74) is 0. The van der Waals surface area contributed by atoms with Crippen molar-refractivity contribution in [2.45, 2.75) is 33.1 Å². The number of nitrogens with one attached hydrogen (secondary N) is 1. The zero-order valence-electron chi connectivity index (χ0n) is 7.19. The van der Waals surface area contributed by atoms with Crippen LogP contribution in [0.2, 0.25) is 0 Å². The zero-order valence-corrected chi connectivity index (χ0v) is 7.19. The van der Waals surface area contributed by atoms with Gasteiger partial charge in [0.05, 0.1) is 0 Å². The third-order valence-electron chi connectivity index (χ3n) is 2.76. The highest BCUT2D eigenvalue weighted by Crippen LogP contribution is 2.35. The van der Waals surface area contributed by atoms with Gasteiger partial charge in [0.1, 0.15) is 0 Å². The summed E-state index contributed by atoms with van der Waals surface area (Å²) < 4.78 is 0. The van der Waals surface area contributed by atoms with Gasteiger partial charge in [-0.25, -0.2) is 0 Å². The van der Waals surface area contributed by atoms with Crippen LogP contribution in [-0.4, -0.2) is 13.1 Å². The molecule has 0 aromatic carbocycles. The predicted molar refractivity (Wildman–Crippen MR) is 45.0 cm³/mol. The molecule has 0 heterocycles. The SMILES string of the molecule is CCNCC1CCC1CC. The van der Waals surface area contributed by atoms with E-state index in [0.717, 1.165) is 18.4 Å². The number of hydrogen-bond acceptors (Lipinski definition) is 1. The van der Waals surface area contributed by atoms with Crippen molar-refractivity contribution in [3.05, 3.63) is 0 Å². The van der Waals surface area contributed by atoms with Crippen LogP contribution in [-0.2, 0) is 0 Å². The average Bonchev–Trinajstić information content (AvgIpc) is 1.88. The summed E-state index contributed by atoms with van der Waals surface area (Å²) in [7, 11) is 0. The molecule has 1 aliphatic rings. The first-order valence-corrected chi connectivity index (χ1v) is 4.59. The molecule has 0 aliphatic heterocycles. The lowest BCUT2D eigenvalue weighted by molar-refractivity contribution is 0.167. The van der Waals surface area contributed by atoms with Crippen LogP contribution in [0.15, 0.2) is 0 Å². The minimum Gasteiger partial charge on any atom is -0.317 e. The van der Waals surface area contributed by atoms with Crippen molar-refractivity contribution >= 4 is 0 Å². The second-order valence-corrected chi connectivity index (χ2v) is 3.31. The molecule has 0 saturated heterocycles. The van der Waals surface area contributed by atoms with Crippen LogP contribution in [0.25, 0.3) is 0 Å². The molecule has 1 rings (SSSR count). The topological polar surface area (TPSA) is 12.0 Å². The van der Waals surface area contributed by atoms with Crippen LogP contribution in [0, 0.1) is 11.8 Å². The normalized spacial score (nSPS) is 31.8. The fraction of sp³-hybridized carbons (Fsp3) is 1.00. The molecule has 2 atom stereocenters. The van der Waals surface area contributed by atoms with Crippen LogP contribution >= 0.6 is 0 Å². The summed E-state index contributed by atoms with van der Waals surface area (Å²) in [6.45, 7) is 6.88. The molecule has 60 valence electrons. The van der Waals surface area contributed by atoms with Crippen molar-refractivity contribution in [3.8, 4) is 0 Å². The van der Waals surface area contributed by atoms with E-state index in [2.05, 4.69) is 19.2 Å². The summed E-state index contributed by atoms with van der Waals surface area (Å²) in [5, 5.41) is 3.41. The molecule has 0 bridgehead atoms. The Morgan fingerprint density at radius 1 is 1.20 bits per heavy atom. The van der Waals surface area contributed by atoms with Gasteiger partial charge in [-0.2, -0.15) is 0 Å². The highest BCUT2D eigenvalue weighted by Gasteiger charge is 2.27. The van der Waals surface area contributed by atoms with Gasteiger partial charge in [0.2, 0.25) is 0 Å². The van der Waals surface area contributed by atoms with Crippen LogP contribution in [0.1, 0.15) is 33.1 Å². The Morgan fingerprint density at radius 2 is 1.90 bits per heavy atom. The Kier molecular flexibility index (Phi) is 3.20. The van der Waals surface area contributed by atoms with Gasteiger partial charge in [0, 0.05) is 0 Å². The van der Waals surface area contributed by atoms with Crippen molar-refractivity contribution in [2.75, 3.05) is 13.1 Å². The van der Waals surface area contributed by atoms with Gasteiger partial charge in [-0.15, -0.1) is 0 Å². The van der Waals surface area contributed by atoms with E-state index in [-0.39, 0.29) is 0 Å². The van der Waals surface area contributed by atoms with E-state index in [1.807, 2.05) is 0 Å². The standard InChI is InChI=1S/C9H19N/c1-3-8-5-6-9(8)7-10-4-2/h8-10H,3-7H2,1-2H3. The second kappa shape index (κ2) is 3.97. The summed E-state index contributed by atoms with van der Waals surface area (Å²) in [4.78, 5) is 0. The maximum atomic E-state index is 3.41. The average molecular weight is 141 g/mol. The van der Waals surface area contributed by atoms with Gasteiger partial charge in [-0.05, 0) is 37.8 Å². The molecule has 1 N–H and O–H groups in total. The van der Waals surface area contributed by atoms with E-state index in [1.165, 1.54) is 25.8 Å². The van der Waals surface area contributed by atoms with Crippen LogP contribution in [0.5, 0.6) is 0 Å². The van der Waals surface area contributed by atoms with E-state index in [1.54, 1.807) is 0 Å². The van der Waals surface area contributed by atoms with Crippen molar-refractivity contribution in [2.24, 2.45) is 11.8 Å². The van der Waals surface area contributed by atoms with Gasteiger partial charge < -0.3 is 5.32 Å². The molecule has 1 nitrogen and oxygen atoms in total. The fourth-order valence-electron chi connectivity index (χ4n) is 1.77. The van der Waals surface area contributed by atoms with Crippen LogP contribution in [0.4, 0.5) is 0 Å². The first kappa shape index (κ1) is 8.06. The Morgan fingerprint density at radius 3 is 2.30 bits per heavy atom. The van der Waals surface area contributed by atoms with Crippen molar-refractivity contribution in [3.63, 3.8) is 0 Å². The molecule has 2 unspecified atom stereocenters. The Labute approximate surface area is 64.2 Å². The highest BCUT2D eigenvalue weighted by atomic mass is 14.9. The van der Waals surface area contributed by atoms with Gasteiger partial charge >= 0.3 is 0 Å². The monoisotopic (exact) mass is 141 g/mol. The molecule has 1 fully saturated rings. The summed E-state index contributed by atoms with van der Waals surface area (Å²) in [6.07, 6.45) is 4.33. The summed E-state index contributed by atoms with van der Waals surface area (Å²) in [5.74, 6) is 2.05. The largest absolute Gasteiger partial charge is 0.317 e. The van der Waals surface area contributed by atoms with Crippen molar-refractivity contribution in [1.29, 1.82) is 0 Å². The van der Waals surface area contributed by atoms with E-state index < -0.39 is 0 Å². The quantitative estimate of drug-likeness (QED) is 0.631. The maximum Gasteiger partial charge on any atom is -0.00180 e. The lowest BCUT2D eigenvalue weighted by atomic mass is 9.72. The van der Waals surface area contributed by atoms with Gasteiger partial charge in [0.25, 0.3) is 0 Å². The third-order valence-corrected chi connectivity index (χ3v) is 2.76. The van der Waals surface area contributed by atoms with Crippen LogP contribution in [0.3, 0.4) is 0 Å². The lowest BCUT2D eigenvalue weighted by Gasteiger charge is -2.36. The van der Waals surface area contributed by atoms with Gasteiger partial charge in [-0.1, -0.05) is 20.3 Å². The molecule has 1 heteroatoms. The van der Waals surface area contributed by atoms with Gasteiger partial charge in [-0.3, -0.25) is 0 Å². The maximum absolute atomic E-state index is 3.41. The zero-order chi connectivity index (χ0) is 7.40. The van der Waals surface area contributed by atoms with E-state index >= 15 is 0 Å². The second-order valence-electron chi connectivity index (χ2n) is 3.31. The molecular weight excluding hydrogens is 122 g/mol. The molecular formula is C9H19N. The smallest absolute Gasteiger partial charge is 0.00180 e. The van der Waals surface area contributed by atoms with Crippen LogP contribution < -0.4 is 5.32 Å². The minimum absolute atomic E-state index is 1.00. The molecule has 0 amide bonds. The third kappa shape index (κ3) is 1.72. The fourth-order valence-corrected chi connectivity index (χ4v) is 1.77. The molecule has 10 heavy (non-hydrogen) atoms. The summed E-state index contributed by atoms with van der Waals surface area (Å²) >= 11 is 0.